The Balaban J connectivity index is 2.40. The summed E-state index contributed by atoms with van der Waals surface area (Å²) < 4.78 is 1.37. The first-order valence-electron chi connectivity index (χ1n) is 4.27. The lowest BCUT2D eigenvalue weighted by Crippen LogP contribution is -2.42. The Morgan fingerprint density at radius 1 is 1.23 bits per heavy atom. The van der Waals surface area contributed by atoms with Crippen LogP contribution in [0.4, 0.5) is 0 Å². The Hall–Kier alpha value is -1.58. The van der Waals surface area contributed by atoms with E-state index in [0.717, 1.165) is 6.42 Å². The standard InChI is InChI=1S/C9H10N2O2/c12-8-4-1-2-6-10(8)11-7-3-5-9(11)13/h1-2,4,6H,3,5,7H2. The second-order valence-corrected chi connectivity index (χ2v) is 3.00. The maximum atomic E-state index is 11.3. The van der Waals surface area contributed by atoms with E-state index in [0.29, 0.717) is 13.0 Å². The minimum atomic E-state index is -0.155. The van der Waals surface area contributed by atoms with Crippen molar-refractivity contribution in [3.63, 3.8) is 0 Å². The van der Waals surface area contributed by atoms with Gasteiger partial charge in [-0.2, -0.15) is 0 Å². The van der Waals surface area contributed by atoms with Crippen molar-refractivity contribution in [2.24, 2.45) is 0 Å². The monoisotopic (exact) mass is 178 g/mol. The van der Waals surface area contributed by atoms with Crippen molar-refractivity contribution < 1.29 is 4.79 Å². The average molecular weight is 178 g/mol. The zero-order chi connectivity index (χ0) is 9.26. The van der Waals surface area contributed by atoms with Crippen molar-refractivity contribution in [2.75, 3.05) is 11.6 Å². The molecule has 68 valence electrons. The Labute approximate surface area is 75.4 Å². The van der Waals surface area contributed by atoms with Crippen LogP contribution < -0.4 is 10.6 Å². The largest absolute Gasteiger partial charge is 0.273 e. The first kappa shape index (κ1) is 8.04. The number of pyridine rings is 1. The molecular weight excluding hydrogens is 168 g/mol. The number of hydrogen-bond acceptors (Lipinski definition) is 2. The van der Waals surface area contributed by atoms with Crippen molar-refractivity contribution in [2.45, 2.75) is 12.8 Å². The van der Waals surface area contributed by atoms with Gasteiger partial charge in [-0.15, -0.1) is 0 Å². The summed E-state index contributed by atoms with van der Waals surface area (Å²) in [7, 11) is 0. The summed E-state index contributed by atoms with van der Waals surface area (Å²) >= 11 is 0. The molecule has 1 saturated heterocycles. The van der Waals surface area contributed by atoms with Crippen LogP contribution in [0.15, 0.2) is 29.2 Å². The van der Waals surface area contributed by atoms with Crippen molar-refractivity contribution in [1.29, 1.82) is 0 Å². The van der Waals surface area contributed by atoms with Crippen LogP contribution in [0.3, 0.4) is 0 Å². The van der Waals surface area contributed by atoms with Gasteiger partial charge in [-0.1, -0.05) is 6.07 Å². The van der Waals surface area contributed by atoms with Crippen molar-refractivity contribution >= 4 is 5.91 Å². The van der Waals surface area contributed by atoms with E-state index in [1.807, 2.05) is 0 Å². The van der Waals surface area contributed by atoms with Gasteiger partial charge in [-0.25, -0.2) is 9.69 Å². The van der Waals surface area contributed by atoms with Crippen molar-refractivity contribution in [1.82, 2.24) is 4.68 Å². The van der Waals surface area contributed by atoms with Gasteiger partial charge in [-0.3, -0.25) is 9.59 Å². The SMILES string of the molecule is O=C1CCCN1n1ccccc1=O. The molecule has 4 nitrogen and oxygen atoms in total. The highest BCUT2D eigenvalue weighted by molar-refractivity contribution is 5.87. The summed E-state index contributed by atoms with van der Waals surface area (Å²) in [6.45, 7) is 0.642. The highest BCUT2D eigenvalue weighted by atomic mass is 16.2. The fraction of sp³-hybridized carbons (Fsp3) is 0.333. The van der Waals surface area contributed by atoms with E-state index < -0.39 is 0 Å². The van der Waals surface area contributed by atoms with E-state index in [-0.39, 0.29) is 11.5 Å². The third-order valence-corrected chi connectivity index (χ3v) is 2.11. The molecule has 4 heteroatoms. The Morgan fingerprint density at radius 3 is 2.69 bits per heavy atom. The molecule has 0 aliphatic carbocycles. The van der Waals surface area contributed by atoms with Crippen LogP contribution in [-0.2, 0) is 4.79 Å². The van der Waals surface area contributed by atoms with Crippen LogP contribution in [-0.4, -0.2) is 17.1 Å². The second kappa shape index (κ2) is 3.05. The molecule has 0 radical (unpaired) electrons. The molecule has 2 heterocycles. The first-order chi connectivity index (χ1) is 6.29. The van der Waals surface area contributed by atoms with Gasteiger partial charge in [0.25, 0.3) is 5.56 Å². The predicted octanol–water partition coefficient (Wildman–Crippen LogP) is 0.107. The summed E-state index contributed by atoms with van der Waals surface area (Å²) in [6, 6.07) is 4.86. The van der Waals surface area contributed by atoms with E-state index >= 15 is 0 Å². The number of rotatable bonds is 1. The molecule has 0 bridgehead atoms. The lowest BCUT2D eigenvalue weighted by atomic mass is 10.4. The Kier molecular flexibility index (Phi) is 1.88. The van der Waals surface area contributed by atoms with Gasteiger partial charge in [-0.05, 0) is 12.5 Å². The minimum Gasteiger partial charge on any atom is -0.273 e. The predicted molar refractivity (Wildman–Crippen MR) is 48.0 cm³/mol. The highest BCUT2D eigenvalue weighted by Crippen LogP contribution is 2.06. The molecule has 1 aromatic rings. The van der Waals surface area contributed by atoms with E-state index in [9.17, 15) is 9.59 Å². The molecule has 0 unspecified atom stereocenters. The van der Waals surface area contributed by atoms with Gasteiger partial charge in [0.1, 0.15) is 0 Å². The number of carbonyl (C=O) groups excluding carboxylic acids is 1. The number of nitrogens with zero attached hydrogens (tertiary/aromatic N) is 2. The zero-order valence-electron chi connectivity index (χ0n) is 7.14. The number of carbonyl (C=O) groups is 1. The van der Waals surface area contributed by atoms with Crippen LogP contribution in [0.5, 0.6) is 0 Å². The second-order valence-electron chi connectivity index (χ2n) is 3.00. The number of amides is 1. The quantitative estimate of drug-likeness (QED) is 0.612. The lowest BCUT2D eigenvalue weighted by Gasteiger charge is -2.17. The van der Waals surface area contributed by atoms with Crippen LogP contribution in [0.2, 0.25) is 0 Å². The molecule has 1 amide bonds. The molecule has 1 fully saturated rings. The van der Waals surface area contributed by atoms with Crippen LogP contribution in [0.1, 0.15) is 12.8 Å². The topological polar surface area (TPSA) is 42.3 Å². The normalized spacial score (nSPS) is 16.6. The minimum absolute atomic E-state index is 0.0216. The smallest absolute Gasteiger partial charge is 0.269 e. The van der Waals surface area contributed by atoms with Gasteiger partial charge in [0.05, 0.1) is 0 Å². The molecule has 13 heavy (non-hydrogen) atoms. The van der Waals surface area contributed by atoms with E-state index in [1.54, 1.807) is 18.3 Å². The van der Waals surface area contributed by atoms with Gasteiger partial charge in [0.2, 0.25) is 5.91 Å². The van der Waals surface area contributed by atoms with Gasteiger partial charge >= 0.3 is 0 Å². The summed E-state index contributed by atoms with van der Waals surface area (Å²) in [5.41, 5.74) is -0.155. The molecular formula is C9H10N2O2. The molecule has 0 atom stereocenters. The third kappa shape index (κ3) is 1.35. The Bertz CT molecular complexity index is 383. The summed E-state index contributed by atoms with van der Waals surface area (Å²) in [5, 5.41) is 1.49. The number of aromatic nitrogens is 1. The molecule has 0 saturated carbocycles. The maximum absolute atomic E-state index is 11.3. The molecule has 0 N–H and O–H groups in total. The van der Waals surface area contributed by atoms with Crippen LogP contribution in [0.25, 0.3) is 0 Å². The van der Waals surface area contributed by atoms with Gasteiger partial charge in [0.15, 0.2) is 0 Å². The molecule has 0 spiro atoms. The van der Waals surface area contributed by atoms with Gasteiger partial charge in [0, 0.05) is 25.2 Å². The molecule has 2 rings (SSSR count). The van der Waals surface area contributed by atoms with E-state index in [2.05, 4.69) is 0 Å². The summed E-state index contributed by atoms with van der Waals surface area (Å²) in [5.74, 6) is 0.0216. The van der Waals surface area contributed by atoms with Crippen LogP contribution >= 0.6 is 0 Å². The van der Waals surface area contributed by atoms with Crippen LogP contribution in [0, 0.1) is 0 Å². The highest BCUT2D eigenvalue weighted by Gasteiger charge is 2.21. The first-order valence-corrected chi connectivity index (χ1v) is 4.27. The molecule has 1 aliphatic rings. The number of hydrogen-bond donors (Lipinski definition) is 0. The average Bonchev–Trinajstić information content (AvgIpc) is 2.52. The molecule has 1 aliphatic heterocycles. The molecule has 1 aromatic heterocycles. The summed E-state index contributed by atoms with van der Waals surface area (Å²) in [4.78, 5) is 22.6. The third-order valence-electron chi connectivity index (χ3n) is 2.11. The fourth-order valence-corrected chi connectivity index (χ4v) is 1.48. The van der Waals surface area contributed by atoms with Crippen molar-refractivity contribution in [3.05, 3.63) is 34.7 Å². The molecule has 0 aromatic carbocycles. The Morgan fingerprint density at radius 2 is 2.08 bits per heavy atom. The summed E-state index contributed by atoms with van der Waals surface area (Å²) in [6.07, 6.45) is 2.99. The van der Waals surface area contributed by atoms with Gasteiger partial charge < -0.3 is 0 Å². The van der Waals surface area contributed by atoms with Crippen molar-refractivity contribution in [3.8, 4) is 0 Å². The zero-order valence-corrected chi connectivity index (χ0v) is 7.14. The fourth-order valence-electron chi connectivity index (χ4n) is 1.48. The van der Waals surface area contributed by atoms with E-state index in [4.69, 9.17) is 0 Å². The lowest BCUT2D eigenvalue weighted by molar-refractivity contribution is -0.118. The maximum Gasteiger partial charge on any atom is 0.269 e. The van der Waals surface area contributed by atoms with E-state index in [1.165, 1.54) is 15.8 Å².